The predicted octanol–water partition coefficient (Wildman–Crippen LogP) is 4.49. The second-order valence-corrected chi connectivity index (χ2v) is 6.51. The van der Waals surface area contributed by atoms with Crippen molar-refractivity contribution in [2.75, 3.05) is 26.0 Å². The highest BCUT2D eigenvalue weighted by Crippen LogP contribution is 2.35. The van der Waals surface area contributed by atoms with Crippen molar-refractivity contribution in [2.45, 2.75) is 26.2 Å². The van der Waals surface area contributed by atoms with Crippen molar-refractivity contribution in [1.29, 1.82) is 0 Å². The van der Waals surface area contributed by atoms with Gasteiger partial charge in [0.25, 0.3) is 0 Å². The summed E-state index contributed by atoms with van der Waals surface area (Å²) < 4.78 is 44.2. The van der Waals surface area contributed by atoms with Crippen molar-refractivity contribution < 1.29 is 22.7 Å². The Morgan fingerprint density at radius 1 is 1.11 bits per heavy atom. The molecule has 0 aromatic heterocycles. The third-order valence-electron chi connectivity index (χ3n) is 3.80. The molecule has 0 radical (unpaired) electrons. The number of anilines is 1. The first kappa shape index (κ1) is 21.6. The number of nitrogens with one attached hydrogen (secondary N) is 2. The monoisotopic (exact) mass is 395 g/mol. The molecule has 8 heteroatoms. The summed E-state index contributed by atoms with van der Waals surface area (Å²) >= 11 is 0. The van der Waals surface area contributed by atoms with Gasteiger partial charge < -0.3 is 20.3 Å². The number of hydrogen-bond donors (Lipinski definition) is 2. The SMILES string of the molecule is CCOc1ccc(C(F)(F)F)cc1NC(=O)NCc1cccc(CN(C)C)c1. The van der Waals surface area contributed by atoms with E-state index in [1.54, 1.807) is 6.92 Å². The van der Waals surface area contributed by atoms with Crippen molar-refractivity contribution in [3.63, 3.8) is 0 Å². The second kappa shape index (κ2) is 9.45. The van der Waals surface area contributed by atoms with Crippen LogP contribution in [-0.2, 0) is 19.3 Å². The number of benzene rings is 2. The van der Waals surface area contributed by atoms with Crippen LogP contribution in [0.4, 0.5) is 23.7 Å². The third-order valence-corrected chi connectivity index (χ3v) is 3.80. The van der Waals surface area contributed by atoms with Crippen LogP contribution in [0, 0.1) is 0 Å². The Kier molecular flexibility index (Phi) is 7.28. The standard InChI is InChI=1S/C20H24F3N3O2/c1-4-28-18-9-8-16(20(21,22)23)11-17(18)25-19(27)24-12-14-6-5-7-15(10-14)13-26(2)3/h5-11H,4,12-13H2,1-3H3,(H2,24,25,27). The molecular weight excluding hydrogens is 371 g/mol. The van der Waals surface area contributed by atoms with E-state index in [9.17, 15) is 18.0 Å². The topological polar surface area (TPSA) is 53.6 Å². The Labute approximate surface area is 162 Å². The number of carbonyl (C=O) groups is 1. The Balaban J connectivity index is 2.06. The first-order valence-corrected chi connectivity index (χ1v) is 8.80. The molecule has 0 aliphatic carbocycles. The zero-order chi connectivity index (χ0) is 20.7. The number of halogens is 3. The maximum atomic E-state index is 12.9. The predicted molar refractivity (Wildman–Crippen MR) is 102 cm³/mol. The van der Waals surface area contributed by atoms with Gasteiger partial charge >= 0.3 is 12.2 Å². The van der Waals surface area contributed by atoms with E-state index in [-0.39, 0.29) is 24.6 Å². The molecule has 28 heavy (non-hydrogen) atoms. The van der Waals surface area contributed by atoms with Crippen molar-refractivity contribution >= 4 is 11.7 Å². The van der Waals surface area contributed by atoms with Crippen LogP contribution in [0.3, 0.4) is 0 Å². The molecule has 0 heterocycles. The molecule has 0 fully saturated rings. The Morgan fingerprint density at radius 2 is 1.82 bits per heavy atom. The number of rotatable bonds is 7. The summed E-state index contributed by atoms with van der Waals surface area (Å²) in [5, 5.41) is 5.10. The molecule has 0 unspecified atom stereocenters. The summed E-state index contributed by atoms with van der Waals surface area (Å²) in [5.74, 6) is 0.179. The van der Waals surface area contributed by atoms with E-state index in [1.807, 2.05) is 43.3 Å². The fourth-order valence-electron chi connectivity index (χ4n) is 2.64. The molecular formula is C20H24F3N3O2. The van der Waals surface area contributed by atoms with Gasteiger partial charge in [0, 0.05) is 13.1 Å². The first-order chi connectivity index (χ1) is 13.2. The molecule has 0 aliphatic heterocycles. The molecule has 0 saturated carbocycles. The summed E-state index contributed by atoms with van der Waals surface area (Å²) in [7, 11) is 3.92. The highest BCUT2D eigenvalue weighted by molar-refractivity contribution is 5.91. The maximum absolute atomic E-state index is 12.9. The third kappa shape index (κ3) is 6.45. The lowest BCUT2D eigenvalue weighted by molar-refractivity contribution is -0.137. The van der Waals surface area contributed by atoms with Gasteiger partial charge in [-0.15, -0.1) is 0 Å². The van der Waals surface area contributed by atoms with E-state index in [4.69, 9.17) is 4.74 Å². The summed E-state index contributed by atoms with van der Waals surface area (Å²) in [5.41, 5.74) is 1.10. The molecule has 0 atom stereocenters. The largest absolute Gasteiger partial charge is 0.492 e. The zero-order valence-corrected chi connectivity index (χ0v) is 16.1. The highest BCUT2D eigenvalue weighted by Gasteiger charge is 2.31. The number of nitrogens with zero attached hydrogens (tertiary/aromatic N) is 1. The lowest BCUT2D eigenvalue weighted by atomic mass is 10.1. The van der Waals surface area contributed by atoms with Crippen LogP contribution in [0.1, 0.15) is 23.6 Å². The fraction of sp³-hybridized carbons (Fsp3) is 0.350. The quantitative estimate of drug-likeness (QED) is 0.727. The molecule has 0 aliphatic rings. The smallest absolute Gasteiger partial charge is 0.416 e. The lowest BCUT2D eigenvalue weighted by Crippen LogP contribution is -2.28. The molecule has 0 saturated heterocycles. The van der Waals surface area contributed by atoms with Crippen molar-refractivity contribution in [3.8, 4) is 5.75 Å². The molecule has 0 spiro atoms. The van der Waals surface area contributed by atoms with Crippen LogP contribution >= 0.6 is 0 Å². The Hall–Kier alpha value is -2.74. The zero-order valence-electron chi connectivity index (χ0n) is 16.1. The van der Waals surface area contributed by atoms with Gasteiger partial charge in [0.1, 0.15) is 5.75 Å². The van der Waals surface area contributed by atoms with Crippen LogP contribution < -0.4 is 15.4 Å². The minimum absolute atomic E-state index is 0.0319. The first-order valence-electron chi connectivity index (χ1n) is 8.80. The van der Waals surface area contributed by atoms with Crippen LogP contribution in [0.15, 0.2) is 42.5 Å². The molecule has 5 nitrogen and oxygen atoms in total. The van der Waals surface area contributed by atoms with Gasteiger partial charge in [0.15, 0.2) is 0 Å². The number of alkyl halides is 3. The summed E-state index contributed by atoms with van der Waals surface area (Å²) in [4.78, 5) is 14.2. The number of carbonyl (C=O) groups excluding carboxylic acids is 1. The summed E-state index contributed by atoms with van der Waals surface area (Å²) in [6, 6.07) is 10.1. The van der Waals surface area contributed by atoms with Gasteiger partial charge in [-0.25, -0.2) is 4.79 Å². The molecule has 2 amide bonds. The number of amides is 2. The van der Waals surface area contributed by atoms with Crippen molar-refractivity contribution in [1.82, 2.24) is 10.2 Å². The van der Waals surface area contributed by atoms with Gasteiger partial charge in [-0.05, 0) is 50.3 Å². The van der Waals surface area contributed by atoms with E-state index in [1.165, 1.54) is 6.07 Å². The maximum Gasteiger partial charge on any atom is 0.416 e. The van der Waals surface area contributed by atoms with Crippen LogP contribution in [0.5, 0.6) is 5.75 Å². The molecule has 152 valence electrons. The number of ether oxygens (including phenoxy) is 1. The van der Waals surface area contributed by atoms with E-state index in [0.29, 0.717) is 0 Å². The molecule has 2 aromatic carbocycles. The minimum Gasteiger partial charge on any atom is -0.492 e. The summed E-state index contributed by atoms with van der Waals surface area (Å²) in [6.07, 6.45) is -4.51. The second-order valence-electron chi connectivity index (χ2n) is 6.51. The van der Waals surface area contributed by atoms with Gasteiger partial charge in [0.2, 0.25) is 0 Å². The van der Waals surface area contributed by atoms with E-state index >= 15 is 0 Å². The van der Waals surface area contributed by atoms with Gasteiger partial charge in [-0.1, -0.05) is 24.3 Å². The molecule has 2 aromatic rings. The Morgan fingerprint density at radius 3 is 2.46 bits per heavy atom. The van der Waals surface area contributed by atoms with Gasteiger partial charge in [-0.2, -0.15) is 13.2 Å². The highest BCUT2D eigenvalue weighted by atomic mass is 19.4. The lowest BCUT2D eigenvalue weighted by Gasteiger charge is -2.15. The van der Waals surface area contributed by atoms with Gasteiger partial charge in [0.05, 0.1) is 17.9 Å². The van der Waals surface area contributed by atoms with Crippen LogP contribution in [-0.4, -0.2) is 31.6 Å². The minimum atomic E-state index is -4.51. The normalized spacial score (nSPS) is 11.4. The number of hydrogen-bond acceptors (Lipinski definition) is 3. The van der Waals surface area contributed by atoms with Crippen molar-refractivity contribution in [3.05, 3.63) is 59.2 Å². The van der Waals surface area contributed by atoms with E-state index in [2.05, 4.69) is 10.6 Å². The molecule has 2 N–H and O–H groups in total. The van der Waals surface area contributed by atoms with Gasteiger partial charge in [-0.3, -0.25) is 0 Å². The average molecular weight is 395 g/mol. The molecule has 2 rings (SSSR count). The van der Waals surface area contributed by atoms with E-state index in [0.717, 1.165) is 29.8 Å². The van der Waals surface area contributed by atoms with Crippen LogP contribution in [0.2, 0.25) is 0 Å². The van der Waals surface area contributed by atoms with E-state index < -0.39 is 17.8 Å². The fourth-order valence-corrected chi connectivity index (χ4v) is 2.64. The average Bonchev–Trinajstić information content (AvgIpc) is 2.60. The summed E-state index contributed by atoms with van der Waals surface area (Å²) in [6.45, 7) is 2.99. The number of urea groups is 1. The Bertz CT molecular complexity index is 808. The van der Waals surface area contributed by atoms with Crippen molar-refractivity contribution in [2.24, 2.45) is 0 Å². The van der Waals surface area contributed by atoms with Crippen LogP contribution in [0.25, 0.3) is 0 Å². The molecule has 0 bridgehead atoms.